The Kier molecular flexibility index (Phi) is 2.26. The maximum atomic E-state index is 10.9. The third-order valence-corrected chi connectivity index (χ3v) is 1.31. The average Bonchev–Trinajstić information content (AvgIpc) is 2.38. The monoisotopic (exact) mass is 138 g/mol. The molecule has 0 atom stereocenters. The molecule has 10 heavy (non-hydrogen) atoms. The molecule has 54 valence electrons. The van der Waals surface area contributed by atoms with Gasteiger partial charge < -0.3 is 4.74 Å². The molecular weight excluding hydrogens is 128 g/mol. The van der Waals surface area contributed by atoms with Crippen LogP contribution >= 0.6 is 0 Å². The van der Waals surface area contributed by atoms with E-state index in [9.17, 15) is 4.79 Å². The van der Waals surface area contributed by atoms with E-state index in [-0.39, 0.29) is 5.97 Å². The zero-order chi connectivity index (χ0) is 7.40. The molecule has 1 aliphatic carbocycles. The molecule has 0 radical (unpaired) electrons. The summed E-state index contributed by atoms with van der Waals surface area (Å²) in [5.74, 6) is -0.187. The third kappa shape index (κ3) is 1.47. The molecular formula is C8H10O2. The Morgan fingerprint density at radius 2 is 2.60 bits per heavy atom. The first-order chi connectivity index (χ1) is 4.84. The van der Waals surface area contributed by atoms with Crippen molar-refractivity contribution in [2.45, 2.75) is 13.3 Å². The lowest BCUT2D eigenvalue weighted by molar-refractivity contribution is -0.138. The second-order valence-electron chi connectivity index (χ2n) is 2.04. The molecule has 2 heteroatoms. The van der Waals surface area contributed by atoms with E-state index in [0.29, 0.717) is 6.61 Å². The Labute approximate surface area is 60.2 Å². The van der Waals surface area contributed by atoms with Crippen LogP contribution in [0.1, 0.15) is 13.3 Å². The molecule has 0 aliphatic heterocycles. The van der Waals surface area contributed by atoms with Crippen molar-refractivity contribution in [2.24, 2.45) is 0 Å². The predicted octanol–water partition coefficient (Wildman–Crippen LogP) is 1.44. The summed E-state index contributed by atoms with van der Waals surface area (Å²) in [6.07, 6.45) is 6.31. The number of ether oxygens (including phenoxy) is 1. The minimum Gasteiger partial charge on any atom is -0.463 e. The van der Waals surface area contributed by atoms with Gasteiger partial charge in [0.1, 0.15) is 0 Å². The number of hydrogen-bond donors (Lipinski definition) is 0. The normalized spacial score (nSPS) is 15.1. The van der Waals surface area contributed by atoms with Crippen LogP contribution in [0.2, 0.25) is 0 Å². The molecule has 1 aliphatic rings. The lowest BCUT2D eigenvalue weighted by Crippen LogP contribution is -2.05. The van der Waals surface area contributed by atoms with E-state index in [1.54, 1.807) is 13.0 Å². The summed E-state index contributed by atoms with van der Waals surface area (Å²) >= 11 is 0. The number of carbonyl (C=O) groups is 1. The Balaban J connectivity index is 2.43. The first-order valence-electron chi connectivity index (χ1n) is 3.37. The van der Waals surface area contributed by atoms with Crippen LogP contribution in [0.25, 0.3) is 0 Å². The van der Waals surface area contributed by atoms with Crippen molar-refractivity contribution in [3.05, 3.63) is 23.8 Å². The van der Waals surface area contributed by atoms with E-state index in [0.717, 1.165) is 12.0 Å². The largest absolute Gasteiger partial charge is 0.463 e. The Morgan fingerprint density at radius 3 is 3.10 bits per heavy atom. The molecule has 0 unspecified atom stereocenters. The number of allylic oxidation sites excluding steroid dienone is 3. The van der Waals surface area contributed by atoms with Crippen molar-refractivity contribution < 1.29 is 9.53 Å². The van der Waals surface area contributed by atoms with Crippen LogP contribution in [0, 0.1) is 0 Å². The van der Waals surface area contributed by atoms with Gasteiger partial charge in [0.15, 0.2) is 0 Å². The van der Waals surface area contributed by atoms with Gasteiger partial charge in [0.25, 0.3) is 0 Å². The van der Waals surface area contributed by atoms with Crippen molar-refractivity contribution in [3.63, 3.8) is 0 Å². The topological polar surface area (TPSA) is 26.3 Å². The Bertz CT molecular complexity index is 189. The fourth-order valence-electron chi connectivity index (χ4n) is 0.822. The van der Waals surface area contributed by atoms with E-state index in [4.69, 9.17) is 4.74 Å². The zero-order valence-electron chi connectivity index (χ0n) is 5.96. The zero-order valence-corrected chi connectivity index (χ0v) is 5.96. The lowest BCUT2D eigenvalue weighted by Gasteiger charge is -1.99. The second-order valence-corrected chi connectivity index (χ2v) is 2.04. The molecule has 0 aromatic rings. The van der Waals surface area contributed by atoms with Gasteiger partial charge in [0, 0.05) is 5.57 Å². The summed E-state index contributed by atoms with van der Waals surface area (Å²) in [7, 11) is 0. The number of rotatable bonds is 2. The van der Waals surface area contributed by atoms with Crippen molar-refractivity contribution >= 4 is 5.97 Å². The molecule has 0 heterocycles. The molecule has 0 amide bonds. The van der Waals surface area contributed by atoms with Crippen molar-refractivity contribution in [3.8, 4) is 0 Å². The number of esters is 1. The molecule has 0 bridgehead atoms. The van der Waals surface area contributed by atoms with Gasteiger partial charge >= 0.3 is 5.97 Å². The maximum absolute atomic E-state index is 10.9. The van der Waals surface area contributed by atoms with E-state index < -0.39 is 0 Å². The molecule has 0 fully saturated rings. The van der Waals surface area contributed by atoms with E-state index in [1.165, 1.54) is 0 Å². The highest BCUT2D eigenvalue weighted by Crippen LogP contribution is 2.11. The standard InChI is InChI=1S/C8H10O2/c1-2-10-8(9)7-5-3-4-6-7/h3-5H,2,6H2,1H3. The number of hydrogen-bond acceptors (Lipinski definition) is 2. The Hall–Kier alpha value is -1.05. The molecule has 0 aromatic heterocycles. The van der Waals surface area contributed by atoms with Crippen LogP contribution in [0.15, 0.2) is 23.8 Å². The van der Waals surface area contributed by atoms with Crippen LogP contribution in [0.3, 0.4) is 0 Å². The quantitative estimate of drug-likeness (QED) is 0.539. The predicted molar refractivity (Wildman–Crippen MR) is 38.5 cm³/mol. The smallest absolute Gasteiger partial charge is 0.334 e. The van der Waals surface area contributed by atoms with Gasteiger partial charge in [-0.05, 0) is 13.3 Å². The molecule has 2 nitrogen and oxygen atoms in total. The van der Waals surface area contributed by atoms with E-state index in [2.05, 4.69) is 0 Å². The summed E-state index contributed by atoms with van der Waals surface area (Å²) in [6, 6.07) is 0. The van der Waals surface area contributed by atoms with Crippen LogP contribution in [0.4, 0.5) is 0 Å². The third-order valence-electron chi connectivity index (χ3n) is 1.31. The summed E-state index contributed by atoms with van der Waals surface area (Å²) < 4.78 is 4.78. The minimum absolute atomic E-state index is 0.187. The van der Waals surface area contributed by atoms with Gasteiger partial charge in [-0.25, -0.2) is 4.79 Å². The molecule has 0 aromatic carbocycles. The van der Waals surface area contributed by atoms with Gasteiger partial charge in [-0.15, -0.1) is 0 Å². The summed E-state index contributed by atoms with van der Waals surface area (Å²) in [5.41, 5.74) is 0.752. The summed E-state index contributed by atoms with van der Waals surface area (Å²) in [4.78, 5) is 10.9. The molecule has 0 saturated heterocycles. The fraction of sp³-hybridized carbons (Fsp3) is 0.375. The van der Waals surface area contributed by atoms with E-state index in [1.807, 2.05) is 12.2 Å². The van der Waals surface area contributed by atoms with Crippen molar-refractivity contribution in [1.82, 2.24) is 0 Å². The lowest BCUT2D eigenvalue weighted by atomic mass is 10.2. The van der Waals surface area contributed by atoms with Gasteiger partial charge in [-0.3, -0.25) is 0 Å². The van der Waals surface area contributed by atoms with Gasteiger partial charge in [0.05, 0.1) is 6.61 Å². The maximum Gasteiger partial charge on any atom is 0.334 e. The van der Waals surface area contributed by atoms with Crippen molar-refractivity contribution in [1.29, 1.82) is 0 Å². The minimum atomic E-state index is -0.187. The highest BCUT2D eigenvalue weighted by atomic mass is 16.5. The second kappa shape index (κ2) is 3.20. The first kappa shape index (κ1) is 7.06. The van der Waals surface area contributed by atoms with Gasteiger partial charge in [-0.2, -0.15) is 0 Å². The molecule has 0 spiro atoms. The van der Waals surface area contributed by atoms with E-state index >= 15 is 0 Å². The summed E-state index contributed by atoms with van der Waals surface area (Å²) in [6.45, 7) is 2.26. The highest BCUT2D eigenvalue weighted by molar-refractivity contribution is 5.89. The Morgan fingerprint density at radius 1 is 1.80 bits per heavy atom. The first-order valence-corrected chi connectivity index (χ1v) is 3.37. The van der Waals surface area contributed by atoms with Crippen LogP contribution in [-0.2, 0) is 9.53 Å². The SMILES string of the molecule is CCOC(=O)C1=CC=CC1. The van der Waals surface area contributed by atoms with Crippen LogP contribution in [-0.4, -0.2) is 12.6 Å². The molecule has 0 N–H and O–H groups in total. The number of carbonyl (C=O) groups excluding carboxylic acids is 1. The van der Waals surface area contributed by atoms with Crippen LogP contribution < -0.4 is 0 Å². The molecule has 1 rings (SSSR count). The van der Waals surface area contributed by atoms with Gasteiger partial charge in [-0.1, -0.05) is 18.2 Å². The van der Waals surface area contributed by atoms with Gasteiger partial charge in [0.2, 0.25) is 0 Å². The summed E-state index contributed by atoms with van der Waals surface area (Å²) in [5, 5.41) is 0. The highest BCUT2D eigenvalue weighted by Gasteiger charge is 2.09. The molecule has 0 saturated carbocycles. The average molecular weight is 138 g/mol. The fourth-order valence-corrected chi connectivity index (χ4v) is 0.822. The van der Waals surface area contributed by atoms with Crippen LogP contribution in [0.5, 0.6) is 0 Å². The van der Waals surface area contributed by atoms with Crippen molar-refractivity contribution in [2.75, 3.05) is 6.61 Å².